The second-order valence-corrected chi connectivity index (χ2v) is 5.70. The Balaban J connectivity index is 2.77. The van der Waals surface area contributed by atoms with Crippen LogP contribution in [0.1, 0.15) is 13.3 Å². The van der Waals surface area contributed by atoms with Crippen molar-refractivity contribution in [2.24, 2.45) is 0 Å². The summed E-state index contributed by atoms with van der Waals surface area (Å²) in [5.41, 5.74) is 0. The number of halogens is 3. The molecule has 0 aromatic heterocycles. The summed E-state index contributed by atoms with van der Waals surface area (Å²) in [5.74, 6) is 0.714. The first-order valence-electron chi connectivity index (χ1n) is 4.50. The molecule has 2 nitrogen and oxygen atoms in total. The Morgan fingerprint density at radius 1 is 1.27 bits per heavy atom. The van der Waals surface area contributed by atoms with Gasteiger partial charge in [0.2, 0.25) is 0 Å². The van der Waals surface area contributed by atoms with Crippen molar-refractivity contribution in [3.8, 4) is 5.75 Å². The van der Waals surface area contributed by atoms with Gasteiger partial charge >= 0.3 is 0 Å². The lowest BCUT2D eigenvalue weighted by Gasteiger charge is -2.13. The van der Waals surface area contributed by atoms with Crippen LogP contribution in [0.3, 0.4) is 0 Å². The van der Waals surface area contributed by atoms with E-state index in [0.29, 0.717) is 18.8 Å². The van der Waals surface area contributed by atoms with Crippen molar-refractivity contribution in [3.05, 3.63) is 25.6 Å². The van der Waals surface area contributed by atoms with Gasteiger partial charge in [0.05, 0.1) is 15.0 Å². The molecule has 1 rings (SSSR count). The molecule has 0 aliphatic carbocycles. The Bertz CT molecular complexity index is 318. The molecule has 15 heavy (non-hydrogen) atoms. The SMILES string of the molecule is CCC(O)COc1c(Br)cc(Br)cc1Br. The first kappa shape index (κ1) is 13.5. The van der Waals surface area contributed by atoms with E-state index in [2.05, 4.69) is 47.8 Å². The highest BCUT2D eigenvalue weighted by Crippen LogP contribution is 2.36. The van der Waals surface area contributed by atoms with Crippen molar-refractivity contribution >= 4 is 47.8 Å². The second kappa shape index (κ2) is 6.23. The monoisotopic (exact) mass is 400 g/mol. The zero-order chi connectivity index (χ0) is 11.4. The van der Waals surface area contributed by atoms with Crippen molar-refractivity contribution in [1.29, 1.82) is 0 Å². The van der Waals surface area contributed by atoms with Gasteiger partial charge in [-0.05, 0) is 50.4 Å². The number of aliphatic hydroxyl groups excluding tert-OH is 1. The molecule has 0 heterocycles. The summed E-state index contributed by atoms with van der Waals surface area (Å²) in [7, 11) is 0. The third kappa shape index (κ3) is 4.06. The van der Waals surface area contributed by atoms with Gasteiger partial charge in [-0.1, -0.05) is 22.9 Å². The number of hydrogen-bond acceptors (Lipinski definition) is 2. The normalized spacial score (nSPS) is 12.6. The summed E-state index contributed by atoms with van der Waals surface area (Å²) in [4.78, 5) is 0. The zero-order valence-corrected chi connectivity index (χ0v) is 12.9. The van der Waals surface area contributed by atoms with E-state index < -0.39 is 6.10 Å². The van der Waals surface area contributed by atoms with E-state index in [0.717, 1.165) is 13.4 Å². The smallest absolute Gasteiger partial charge is 0.147 e. The van der Waals surface area contributed by atoms with Gasteiger partial charge in [0.1, 0.15) is 12.4 Å². The van der Waals surface area contributed by atoms with Gasteiger partial charge in [0.15, 0.2) is 0 Å². The number of rotatable bonds is 4. The number of ether oxygens (including phenoxy) is 1. The van der Waals surface area contributed by atoms with Crippen LogP contribution >= 0.6 is 47.8 Å². The first-order chi connectivity index (χ1) is 7.04. The van der Waals surface area contributed by atoms with Crippen LogP contribution in [0, 0.1) is 0 Å². The van der Waals surface area contributed by atoms with Gasteiger partial charge in [-0.3, -0.25) is 0 Å². The van der Waals surface area contributed by atoms with E-state index in [9.17, 15) is 5.11 Å². The van der Waals surface area contributed by atoms with E-state index in [1.807, 2.05) is 19.1 Å². The molecule has 5 heteroatoms. The lowest BCUT2D eigenvalue weighted by Crippen LogP contribution is -2.16. The minimum Gasteiger partial charge on any atom is -0.489 e. The molecule has 0 saturated heterocycles. The zero-order valence-electron chi connectivity index (χ0n) is 8.14. The number of aliphatic hydroxyl groups is 1. The van der Waals surface area contributed by atoms with Gasteiger partial charge in [0.25, 0.3) is 0 Å². The predicted molar refractivity (Wildman–Crippen MR) is 71.3 cm³/mol. The van der Waals surface area contributed by atoms with Gasteiger partial charge in [-0.2, -0.15) is 0 Å². The molecule has 1 aromatic carbocycles. The van der Waals surface area contributed by atoms with Crippen molar-refractivity contribution in [3.63, 3.8) is 0 Å². The summed E-state index contributed by atoms with van der Waals surface area (Å²) in [6, 6.07) is 3.80. The second-order valence-electron chi connectivity index (χ2n) is 3.07. The lowest BCUT2D eigenvalue weighted by atomic mass is 10.3. The van der Waals surface area contributed by atoms with E-state index in [-0.39, 0.29) is 0 Å². The van der Waals surface area contributed by atoms with Crippen LogP contribution in [0.5, 0.6) is 5.75 Å². The van der Waals surface area contributed by atoms with Gasteiger partial charge < -0.3 is 9.84 Å². The molecule has 1 atom stereocenters. The molecule has 0 amide bonds. The van der Waals surface area contributed by atoms with Crippen molar-refractivity contribution in [1.82, 2.24) is 0 Å². The molecule has 1 N–H and O–H groups in total. The Morgan fingerprint density at radius 2 is 1.80 bits per heavy atom. The fourth-order valence-electron chi connectivity index (χ4n) is 0.964. The number of hydrogen-bond donors (Lipinski definition) is 1. The molecule has 1 aromatic rings. The lowest BCUT2D eigenvalue weighted by molar-refractivity contribution is 0.103. The average molecular weight is 403 g/mol. The number of benzene rings is 1. The maximum Gasteiger partial charge on any atom is 0.147 e. The van der Waals surface area contributed by atoms with Gasteiger partial charge in [-0.25, -0.2) is 0 Å². The van der Waals surface area contributed by atoms with Crippen molar-refractivity contribution in [2.75, 3.05) is 6.61 Å². The minimum absolute atomic E-state index is 0.301. The molecular formula is C10H11Br3O2. The standard InChI is InChI=1S/C10H11Br3O2/c1-2-7(14)5-15-10-8(12)3-6(11)4-9(10)13/h3-4,7,14H,2,5H2,1H3. The highest BCUT2D eigenvalue weighted by atomic mass is 79.9. The van der Waals surface area contributed by atoms with Gasteiger partial charge in [0, 0.05) is 4.47 Å². The minimum atomic E-state index is -0.424. The first-order valence-corrected chi connectivity index (χ1v) is 6.88. The molecule has 0 saturated carbocycles. The fourth-order valence-corrected chi connectivity index (χ4v) is 3.45. The highest BCUT2D eigenvalue weighted by molar-refractivity contribution is 9.11. The molecule has 0 aliphatic heterocycles. The molecule has 0 spiro atoms. The average Bonchev–Trinajstić information content (AvgIpc) is 2.15. The van der Waals surface area contributed by atoms with Crippen LogP contribution in [-0.4, -0.2) is 17.8 Å². The molecule has 0 fully saturated rings. The maximum absolute atomic E-state index is 9.39. The summed E-state index contributed by atoms with van der Waals surface area (Å²) in [5, 5.41) is 9.39. The van der Waals surface area contributed by atoms with Crippen LogP contribution in [-0.2, 0) is 0 Å². The van der Waals surface area contributed by atoms with Crippen LogP contribution in [0.25, 0.3) is 0 Å². The topological polar surface area (TPSA) is 29.5 Å². The Hall–Kier alpha value is 0.420. The molecule has 1 unspecified atom stereocenters. The van der Waals surface area contributed by atoms with Crippen molar-refractivity contribution in [2.45, 2.75) is 19.4 Å². The van der Waals surface area contributed by atoms with E-state index in [1.165, 1.54) is 0 Å². The van der Waals surface area contributed by atoms with E-state index >= 15 is 0 Å². The Kier molecular flexibility index (Phi) is 5.60. The molecule has 0 aliphatic rings. The van der Waals surface area contributed by atoms with E-state index in [1.54, 1.807) is 0 Å². The summed E-state index contributed by atoms with van der Waals surface area (Å²) < 4.78 is 8.18. The molecule has 84 valence electrons. The largest absolute Gasteiger partial charge is 0.489 e. The van der Waals surface area contributed by atoms with Crippen LogP contribution in [0.15, 0.2) is 25.6 Å². The third-order valence-corrected chi connectivity index (χ3v) is 3.49. The predicted octanol–water partition coefficient (Wildman–Crippen LogP) is 4.12. The Morgan fingerprint density at radius 3 is 2.27 bits per heavy atom. The van der Waals surface area contributed by atoms with Gasteiger partial charge in [-0.15, -0.1) is 0 Å². The fraction of sp³-hybridized carbons (Fsp3) is 0.400. The summed E-state index contributed by atoms with van der Waals surface area (Å²) in [6.07, 6.45) is 0.263. The maximum atomic E-state index is 9.39. The molecule has 0 bridgehead atoms. The third-order valence-electron chi connectivity index (χ3n) is 1.85. The molecule has 0 radical (unpaired) electrons. The Labute approximate surface area is 114 Å². The van der Waals surface area contributed by atoms with Crippen LogP contribution in [0.4, 0.5) is 0 Å². The van der Waals surface area contributed by atoms with Crippen LogP contribution < -0.4 is 4.74 Å². The quantitative estimate of drug-likeness (QED) is 0.820. The highest BCUT2D eigenvalue weighted by Gasteiger charge is 2.10. The van der Waals surface area contributed by atoms with Crippen LogP contribution in [0.2, 0.25) is 0 Å². The molecular weight excluding hydrogens is 392 g/mol. The summed E-state index contributed by atoms with van der Waals surface area (Å²) in [6.45, 7) is 2.22. The van der Waals surface area contributed by atoms with E-state index in [4.69, 9.17) is 4.74 Å². The van der Waals surface area contributed by atoms with Crippen molar-refractivity contribution < 1.29 is 9.84 Å². The summed E-state index contributed by atoms with van der Waals surface area (Å²) >= 11 is 10.2.